The molecule has 0 bridgehead atoms. The van der Waals surface area contributed by atoms with E-state index in [4.69, 9.17) is 0 Å². The van der Waals surface area contributed by atoms with Crippen LogP contribution in [0.3, 0.4) is 0 Å². The Morgan fingerprint density at radius 3 is 2.42 bits per heavy atom. The van der Waals surface area contributed by atoms with Crippen molar-refractivity contribution in [1.82, 2.24) is 10.6 Å². The quantitative estimate of drug-likeness (QED) is 0.746. The zero-order valence-electron chi connectivity index (χ0n) is 14.8. The van der Waals surface area contributed by atoms with Gasteiger partial charge in [-0.15, -0.1) is 0 Å². The Morgan fingerprint density at radius 2 is 1.77 bits per heavy atom. The van der Waals surface area contributed by atoms with Crippen molar-refractivity contribution in [3.05, 3.63) is 65.7 Å². The normalized spacial score (nSPS) is 15.4. The summed E-state index contributed by atoms with van der Waals surface area (Å²) in [7, 11) is -3.31. The molecule has 0 aromatic heterocycles. The predicted molar refractivity (Wildman–Crippen MR) is 102 cm³/mol. The zero-order chi connectivity index (χ0) is 18.6. The molecule has 0 heterocycles. The highest BCUT2D eigenvalue weighted by Gasteiger charge is 2.22. The molecule has 0 spiro atoms. The number of carbonyl (C=O) groups excluding carboxylic acids is 1. The molecule has 1 fully saturated rings. The maximum absolute atomic E-state index is 12.4. The highest BCUT2D eigenvalue weighted by molar-refractivity contribution is 7.90. The highest BCUT2D eigenvalue weighted by Crippen LogP contribution is 2.27. The molecule has 5 nitrogen and oxygen atoms in total. The van der Waals surface area contributed by atoms with Gasteiger partial charge in [-0.3, -0.25) is 4.79 Å². The lowest BCUT2D eigenvalue weighted by Crippen LogP contribution is -2.37. The van der Waals surface area contributed by atoms with Gasteiger partial charge < -0.3 is 10.6 Å². The van der Waals surface area contributed by atoms with Gasteiger partial charge in [0, 0.05) is 6.26 Å². The van der Waals surface area contributed by atoms with Crippen LogP contribution in [-0.4, -0.2) is 33.7 Å². The topological polar surface area (TPSA) is 75.3 Å². The molecular formula is C20H24N2O3S. The van der Waals surface area contributed by atoms with Crippen LogP contribution in [0, 0.1) is 5.92 Å². The number of rotatable bonds is 8. The van der Waals surface area contributed by atoms with Gasteiger partial charge in [0.15, 0.2) is 9.84 Å². The fourth-order valence-corrected chi connectivity index (χ4v) is 3.53. The van der Waals surface area contributed by atoms with Crippen molar-refractivity contribution < 1.29 is 13.2 Å². The third-order valence-corrected chi connectivity index (χ3v) is 5.58. The van der Waals surface area contributed by atoms with Gasteiger partial charge in [-0.1, -0.05) is 42.5 Å². The molecule has 6 heteroatoms. The number of hydrogen-bond donors (Lipinski definition) is 2. The summed E-state index contributed by atoms with van der Waals surface area (Å²) >= 11 is 0. The van der Waals surface area contributed by atoms with E-state index < -0.39 is 15.9 Å². The van der Waals surface area contributed by atoms with Crippen LogP contribution < -0.4 is 10.6 Å². The maximum atomic E-state index is 12.4. The smallest absolute Gasteiger partial charge is 0.234 e. The van der Waals surface area contributed by atoms with Crippen LogP contribution in [-0.2, 0) is 14.6 Å². The van der Waals surface area contributed by atoms with Gasteiger partial charge >= 0.3 is 0 Å². The minimum atomic E-state index is -3.31. The van der Waals surface area contributed by atoms with Crippen LogP contribution in [0.25, 0.3) is 0 Å². The Morgan fingerprint density at radius 1 is 1.08 bits per heavy atom. The second-order valence-corrected chi connectivity index (χ2v) is 8.85. The molecule has 3 rings (SSSR count). The van der Waals surface area contributed by atoms with E-state index in [1.54, 1.807) is 18.2 Å². The van der Waals surface area contributed by atoms with Crippen LogP contribution in [0.5, 0.6) is 0 Å². The van der Waals surface area contributed by atoms with E-state index >= 15 is 0 Å². The summed E-state index contributed by atoms with van der Waals surface area (Å²) in [6, 6.07) is 15.9. The lowest BCUT2D eigenvalue weighted by atomic mass is 9.98. The van der Waals surface area contributed by atoms with Crippen LogP contribution in [0.4, 0.5) is 0 Å². The second-order valence-electron chi connectivity index (χ2n) is 6.83. The Bertz CT molecular complexity index is 862. The molecule has 1 saturated carbocycles. The van der Waals surface area contributed by atoms with E-state index in [0.29, 0.717) is 5.92 Å². The summed E-state index contributed by atoms with van der Waals surface area (Å²) in [6.07, 6.45) is 3.66. The van der Waals surface area contributed by atoms with E-state index in [0.717, 1.165) is 17.7 Å². The molecule has 1 atom stereocenters. The van der Waals surface area contributed by atoms with Crippen LogP contribution in [0.15, 0.2) is 59.5 Å². The summed E-state index contributed by atoms with van der Waals surface area (Å²) < 4.78 is 23.8. The van der Waals surface area contributed by atoms with Gasteiger partial charge in [-0.2, -0.15) is 0 Å². The Kier molecular flexibility index (Phi) is 5.74. The molecule has 26 heavy (non-hydrogen) atoms. The van der Waals surface area contributed by atoms with Crippen molar-refractivity contribution in [1.29, 1.82) is 0 Å². The highest BCUT2D eigenvalue weighted by atomic mass is 32.2. The second kappa shape index (κ2) is 8.01. The number of benzene rings is 2. The molecule has 2 aromatic carbocycles. The third kappa shape index (κ3) is 5.16. The molecule has 1 unspecified atom stereocenters. The zero-order valence-corrected chi connectivity index (χ0v) is 15.6. The standard InChI is InChI=1S/C20H24N2O3S/c1-26(24,25)18-9-5-8-17(12-18)20(16-6-3-2-4-7-16)22-19(23)14-21-13-15-10-11-15/h2-9,12,15,20-21H,10-11,13-14H2,1H3,(H,22,23). The van der Waals surface area contributed by atoms with Crippen LogP contribution in [0.1, 0.15) is 30.0 Å². The van der Waals surface area contributed by atoms with Crippen LogP contribution >= 0.6 is 0 Å². The van der Waals surface area contributed by atoms with Crippen molar-refractivity contribution in [3.8, 4) is 0 Å². The molecular weight excluding hydrogens is 348 g/mol. The molecule has 0 saturated heterocycles. The summed E-state index contributed by atoms with van der Waals surface area (Å²) in [5.74, 6) is 0.600. The summed E-state index contributed by atoms with van der Waals surface area (Å²) in [6.45, 7) is 1.12. The summed E-state index contributed by atoms with van der Waals surface area (Å²) in [5.41, 5.74) is 1.66. The van der Waals surface area contributed by atoms with Gasteiger partial charge in [0.05, 0.1) is 17.5 Å². The van der Waals surface area contributed by atoms with Crippen LogP contribution in [0.2, 0.25) is 0 Å². The van der Waals surface area contributed by atoms with Gasteiger partial charge in [0.25, 0.3) is 0 Å². The van der Waals surface area contributed by atoms with Gasteiger partial charge in [0.1, 0.15) is 0 Å². The Balaban J connectivity index is 1.80. The molecule has 0 aliphatic heterocycles. The first-order valence-electron chi connectivity index (χ1n) is 8.78. The fourth-order valence-electron chi connectivity index (χ4n) is 2.85. The van der Waals surface area contributed by atoms with E-state index in [9.17, 15) is 13.2 Å². The van der Waals surface area contributed by atoms with Gasteiger partial charge in [0.2, 0.25) is 5.91 Å². The van der Waals surface area contributed by atoms with Crippen molar-refractivity contribution in [2.24, 2.45) is 5.92 Å². The average Bonchev–Trinajstić information content (AvgIpc) is 3.44. The summed E-state index contributed by atoms with van der Waals surface area (Å²) in [5, 5.41) is 6.21. The lowest BCUT2D eigenvalue weighted by molar-refractivity contribution is -0.120. The fraction of sp³-hybridized carbons (Fsp3) is 0.350. The molecule has 1 amide bonds. The minimum Gasteiger partial charge on any atom is -0.344 e. The predicted octanol–water partition coefficient (Wildman–Crippen LogP) is 2.30. The van der Waals surface area contributed by atoms with Crippen molar-refractivity contribution in [2.45, 2.75) is 23.8 Å². The first kappa shape index (κ1) is 18.6. The number of amides is 1. The summed E-state index contributed by atoms with van der Waals surface area (Å²) in [4.78, 5) is 12.6. The molecule has 2 N–H and O–H groups in total. The first-order valence-corrected chi connectivity index (χ1v) is 10.7. The van der Waals surface area contributed by atoms with E-state index in [1.807, 2.05) is 36.4 Å². The number of hydrogen-bond acceptors (Lipinski definition) is 4. The van der Waals surface area contributed by atoms with E-state index in [-0.39, 0.29) is 17.3 Å². The number of nitrogens with one attached hydrogen (secondary N) is 2. The molecule has 1 aliphatic carbocycles. The van der Waals surface area contributed by atoms with E-state index in [2.05, 4.69) is 10.6 Å². The van der Waals surface area contributed by atoms with Crippen molar-refractivity contribution in [2.75, 3.05) is 19.3 Å². The lowest BCUT2D eigenvalue weighted by Gasteiger charge is -2.20. The SMILES string of the molecule is CS(=O)(=O)c1cccc(C(NC(=O)CNCC2CC2)c2ccccc2)c1. The molecule has 2 aromatic rings. The Labute approximate surface area is 154 Å². The first-order chi connectivity index (χ1) is 12.4. The maximum Gasteiger partial charge on any atom is 0.234 e. The van der Waals surface area contributed by atoms with Crippen molar-refractivity contribution >= 4 is 15.7 Å². The minimum absolute atomic E-state index is 0.107. The monoisotopic (exact) mass is 372 g/mol. The molecule has 1 aliphatic rings. The molecule has 138 valence electrons. The third-order valence-electron chi connectivity index (χ3n) is 4.47. The number of carbonyl (C=O) groups is 1. The number of sulfone groups is 1. The van der Waals surface area contributed by atoms with E-state index in [1.165, 1.54) is 19.1 Å². The molecule has 0 radical (unpaired) electrons. The van der Waals surface area contributed by atoms with Gasteiger partial charge in [-0.25, -0.2) is 8.42 Å². The largest absolute Gasteiger partial charge is 0.344 e. The van der Waals surface area contributed by atoms with Gasteiger partial charge in [-0.05, 0) is 48.6 Å². The Hall–Kier alpha value is -2.18. The van der Waals surface area contributed by atoms with Crippen molar-refractivity contribution in [3.63, 3.8) is 0 Å². The average molecular weight is 372 g/mol.